The van der Waals surface area contributed by atoms with Gasteiger partial charge in [-0.05, 0) is 24.3 Å². The molecule has 0 radical (unpaired) electrons. The Kier molecular flexibility index (Phi) is 13.6. The highest BCUT2D eigenvalue weighted by molar-refractivity contribution is 4.45. The number of rotatable bonds is 13. The average molecular weight is 259 g/mol. The molecular formula is C12H25N3O3. The number of nitrogens with zero attached hydrogens (tertiary/aromatic N) is 3. The molecule has 0 bridgehead atoms. The predicted molar refractivity (Wildman–Crippen MR) is 70.5 cm³/mol. The Morgan fingerprint density at radius 3 is 2.06 bits per heavy atom. The van der Waals surface area contributed by atoms with Crippen molar-refractivity contribution in [1.82, 2.24) is 0 Å². The van der Waals surface area contributed by atoms with Crippen LogP contribution >= 0.6 is 0 Å². The van der Waals surface area contributed by atoms with Crippen LogP contribution in [0.5, 0.6) is 0 Å². The largest absolute Gasteiger partial charge is 0.379 e. The highest BCUT2D eigenvalue weighted by Crippen LogP contribution is 2.02. The molecule has 0 aromatic rings. The second kappa shape index (κ2) is 14.3. The summed E-state index contributed by atoms with van der Waals surface area (Å²) >= 11 is 0. The lowest BCUT2D eigenvalue weighted by atomic mass is 10.1. The fourth-order valence-electron chi connectivity index (χ4n) is 1.29. The van der Waals surface area contributed by atoms with Crippen molar-refractivity contribution in [2.24, 2.45) is 11.0 Å². The number of azide groups is 1. The Labute approximate surface area is 109 Å². The van der Waals surface area contributed by atoms with E-state index in [1.807, 2.05) is 0 Å². The molecule has 0 aliphatic rings. The van der Waals surface area contributed by atoms with Gasteiger partial charge in [-0.3, -0.25) is 0 Å². The fraction of sp³-hybridized carbons (Fsp3) is 1.00. The van der Waals surface area contributed by atoms with Gasteiger partial charge in [0, 0.05) is 18.1 Å². The van der Waals surface area contributed by atoms with E-state index in [1.54, 1.807) is 0 Å². The highest BCUT2D eigenvalue weighted by Gasteiger charge is 1.94. The normalized spacial score (nSPS) is 10.6. The van der Waals surface area contributed by atoms with Crippen LogP contribution in [-0.2, 0) is 14.2 Å². The Morgan fingerprint density at radius 1 is 0.944 bits per heavy atom. The lowest BCUT2D eigenvalue weighted by Gasteiger charge is -2.07. The van der Waals surface area contributed by atoms with E-state index in [0.717, 1.165) is 18.9 Å². The van der Waals surface area contributed by atoms with Gasteiger partial charge in [-0.15, -0.1) is 0 Å². The average Bonchev–Trinajstić information content (AvgIpc) is 2.34. The first kappa shape index (κ1) is 17.2. The van der Waals surface area contributed by atoms with Gasteiger partial charge < -0.3 is 14.2 Å². The molecule has 0 rings (SSSR count). The van der Waals surface area contributed by atoms with E-state index in [0.29, 0.717) is 39.6 Å². The van der Waals surface area contributed by atoms with Crippen molar-refractivity contribution in [1.29, 1.82) is 0 Å². The van der Waals surface area contributed by atoms with E-state index in [-0.39, 0.29) is 0 Å². The maximum atomic E-state index is 8.02. The van der Waals surface area contributed by atoms with Crippen LogP contribution < -0.4 is 0 Å². The molecule has 0 fully saturated rings. The third-order valence-corrected chi connectivity index (χ3v) is 2.21. The van der Waals surface area contributed by atoms with Crippen molar-refractivity contribution < 1.29 is 14.2 Å². The van der Waals surface area contributed by atoms with E-state index < -0.39 is 0 Å². The van der Waals surface area contributed by atoms with E-state index in [4.69, 9.17) is 19.7 Å². The van der Waals surface area contributed by atoms with Gasteiger partial charge in [-0.1, -0.05) is 19.0 Å². The van der Waals surface area contributed by atoms with Gasteiger partial charge in [0.05, 0.1) is 33.0 Å². The lowest BCUT2D eigenvalue weighted by molar-refractivity contribution is 0.0150. The molecule has 0 N–H and O–H groups in total. The SMILES string of the molecule is CC(C)CCCOCCOCCOCCN=[N+]=[N-]. The molecule has 6 heteroatoms. The zero-order chi connectivity index (χ0) is 13.5. The molecule has 0 atom stereocenters. The van der Waals surface area contributed by atoms with Crippen LogP contribution in [0.2, 0.25) is 0 Å². The Bertz CT molecular complexity index is 219. The molecule has 0 heterocycles. The van der Waals surface area contributed by atoms with Crippen molar-refractivity contribution in [3.63, 3.8) is 0 Å². The minimum Gasteiger partial charge on any atom is -0.379 e. The molecule has 0 saturated heterocycles. The predicted octanol–water partition coefficient (Wildman–Crippen LogP) is 2.78. The quantitative estimate of drug-likeness (QED) is 0.221. The van der Waals surface area contributed by atoms with Crippen molar-refractivity contribution >= 4 is 0 Å². The number of hydrogen-bond donors (Lipinski definition) is 0. The molecule has 106 valence electrons. The molecule has 0 unspecified atom stereocenters. The van der Waals surface area contributed by atoms with E-state index in [2.05, 4.69) is 23.9 Å². The van der Waals surface area contributed by atoms with Gasteiger partial charge in [-0.2, -0.15) is 0 Å². The molecule has 0 spiro atoms. The first-order chi connectivity index (χ1) is 8.77. The van der Waals surface area contributed by atoms with Gasteiger partial charge in [0.15, 0.2) is 0 Å². The monoisotopic (exact) mass is 259 g/mol. The van der Waals surface area contributed by atoms with Crippen molar-refractivity contribution in [2.75, 3.05) is 46.2 Å². The summed E-state index contributed by atoms with van der Waals surface area (Å²) < 4.78 is 15.9. The molecular weight excluding hydrogens is 234 g/mol. The first-order valence-corrected chi connectivity index (χ1v) is 6.51. The Balaban J connectivity index is 2.96. The van der Waals surface area contributed by atoms with Gasteiger partial charge in [0.1, 0.15) is 0 Å². The summed E-state index contributed by atoms with van der Waals surface area (Å²) in [5, 5.41) is 3.35. The van der Waals surface area contributed by atoms with E-state index >= 15 is 0 Å². The van der Waals surface area contributed by atoms with E-state index in [1.165, 1.54) is 6.42 Å². The number of hydrogen-bond acceptors (Lipinski definition) is 4. The number of ether oxygens (including phenoxy) is 3. The third kappa shape index (κ3) is 15.2. The Morgan fingerprint density at radius 2 is 1.50 bits per heavy atom. The standard InChI is InChI=1S/C12H25N3O3/c1-12(2)4-3-6-16-8-10-18-11-9-17-7-5-14-15-13/h12H,3-11H2,1-2H3. The highest BCUT2D eigenvalue weighted by atomic mass is 16.5. The summed E-state index contributed by atoms with van der Waals surface area (Å²) in [5.41, 5.74) is 8.02. The van der Waals surface area contributed by atoms with Crippen molar-refractivity contribution in [2.45, 2.75) is 26.7 Å². The van der Waals surface area contributed by atoms with E-state index in [9.17, 15) is 0 Å². The summed E-state index contributed by atoms with van der Waals surface area (Å²) in [4.78, 5) is 2.63. The molecule has 0 aromatic heterocycles. The zero-order valence-corrected chi connectivity index (χ0v) is 11.5. The van der Waals surface area contributed by atoms with Crippen LogP contribution in [0.4, 0.5) is 0 Å². The van der Waals surface area contributed by atoms with Crippen molar-refractivity contribution in [3.05, 3.63) is 10.4 Å². The maximum absolute atomic E-state index is 8.02. The zero-order valence-electron chi connectivity index (χ0n) is 11.5. The molecule has 0 aromatic carbocycles. The third-order valence-electron chi connectivity index (χ3n) is 2.21. The smallest absolute Gasteiger partial charge is 0.0701 e. The van der Waals surface area contributed by atoms with Gasteiger partial charge in [-0.25, -0.2) is 0 Å². The molecule has 0 aliphatic carbocycles. The van der Waals surface area contributed by atoms with Crippen LogP contribution in [-0.4, -0.2) is 46.2 Å². The maximum Gasteiger partial charge on any atom is 0.0701 e. The summed E-state index contributed by atoms with van der Waals surface area (Å²) in [7, 11) is 0. The van der Waals surface area contributed by atoms with Crippen LogP contribution in [0.1, 0.15) is 26.7 Å². The minimum absolute atomic E-state index is 0.370. The van der Waals surface area contributed by atoms with Crippen LogP contribution in [0.3, 0.4) is 0 Å². The fourth-order valence-corrected chi connectivity index (χ4v) is 1.29. The topological polar surface area (TPSA) is 76.5 Å². The van der Waals surface area contributed by atoms with Crippen LogP contribution in [0, 0.1) is 5.92 Å². The molecule has 18 heavy (non-hydrogen) atoms. The van der Waals surface area contributed by atoms with Crippen molar-refractivity contribution in [3.8, 4) is 0 Å². The molecule has 0 amide bonds. The van der Waals surface area contributed by atoms with Crippen LogP contribution in [0.15, 0.2) is 5.11 Å². The minimum atomic E-state index is 0.370. The Hall–Kier alpha value is -0.810. The summed E-state index contributed by atoms with van der Waals surface area (Å²) in [6.07, 6.45) is 2.32. The first-order valence-electron chi connectivity index (χ1n) is 6.51. The molecule has 6 nitrogen and oxygen atoms in total. The summed E-state index contributed by atoms with van der Waals surface area (Å²) in [5.74, 6) is 0.743. The summed E-state index contributed by atoms with van der Waals surface area (Å²) in [6, 6.07) is 0. The second-order valence-corrected chi connectivity index (χ2v) is 4.33. The van der Waals surface area contributed by atoms with Gasteiger partial charge in [0.25, 0.3) is 0 Å². The van der Waals surface area contributed by atoms with Gasteiger partial charge >= 0.3 is 0 Å². The molecule has 0 saturated carbocycles. The van der Waals surface area contributed by atoms with Gasteiger partial charge in [0.2, 0.25) is 0 Å². The molecule has 0 aliphatic heterocycles. The second-order valence-electron chi connectivity index (χ2n) is 4.33. The summed E-state index contributed by atoms with van der Waals surface area (Å²) in [6.45, 7) is 8.35. The van der Waals surface area contributed by atoms with Crippen LogP contribution in [0.25, 0.3) is 10.4 Å². The lowest BCUT2D eigenvalue weighted by Crippen LogP contribution is -2.11.